The van der Waals surface area contributed by atoms with Crippen LogP contribution in [0.3, 0.4) is 0 Å². The van der Waals surface area contributed by atoms with Crippen molar-refractivity contribution in [1.82, 2.24) is 5.32 Å². The molecule has 4 amide bonds. The Balaban J connectivity index is 1.31. The molecular weight excluding hydrogens is 645 g/mol. The van der Waals surface area contributed by atoms with Crippen molar-refractivity contribution in [2.45, 2.75) is 36.8 Å². The third kappa shape index (κ3) is 10.0. The lowest BCUT2D eigenvalue weighted by atomic mass is 10.0. The zero-order valence-corrected chi connectivity index (χ0v) is 28.8. The first-order valence-electron chi connectivity index (χ1n) is 16.1. The molecule has 5 aromatic rings. The highest BCUT2D eigenvalue weighted by Gasteiger charge is 2.23. The zero-order valence-electron chi connectivity index (χ0n) is 28.0. The number of hydrogen-bond donors (Lipinski definition) is 4. The van der Waals surface area contributed by atoms with Crippen LogP contribution in [0.15, 0.2) is 144 Å². The molecule has 0 saturated carbocycles. The predicted octanol–water partition coefficient (Wildman–Crippen LogP) is 8.65. The minimum Gasteiger partial charge on any atom is -0.326 e. The molecule has 5 rings (SSSR count). The molecule has 9 heteroatoms. The van der Waals surface area contributed by atoms with Gasteiger partial charge >= 0.3 is 0 Å². The quantitative estimate of drug-likeness (QED) is 0.0777. The summed E-state index contributed by atoms with van der Waals surface area (Å²) in [6.45, 7) is 5.66. The number of benzene rings is 5. The molecule has 0 saturated heterocycles. The highest BCUT2D eigenvalue weighted by molar-refractivity contribution is 8.00. The van der Waals surface area contributed by atoms with Gasteiger partial charge in [-0.2, -0.15) is 0 Å². The van der Waals surface area contributed by atoms with Crippen molar-refractivity contribution >= 4 is 58.5 Å². The topological polar surface area (TPSA) is 116 Å². The van der Waals surface area contributed by atoms with Gasteiger partial charge in [-0.3, -0.25) is 19.2 Å². The van der Waals surface area contributed by atoms with Gasteiger partial charge in [0.25, 0.3) is 11.8 Å². The van der Waals surface area contributed by atoms with Gasteiger partial charge in [0.2, 0.25) is 11.8 Å². The molecule has 252 valence electrons. The highest BCUT2D eigenvalue weighted by atomic mass is 32.2. The van der Waals surface area contributed by atoms with E-state index < -0.39 is 17.1 Å². The third-order valence-electron chi connectivity index (χ3n) is 7.62. The van der Waals surface area contributed by atoms with Gasteiger partial charge in [0.05, 0.1) is 0 Å². The Morgan fingerprint density at radius 1 is 0.600 bits per heavy atom. The van der Waals surface area contributed by atoms with Crippen molar-refractivity contribution < 1.29 is 19.2 Å². The summed E-state index contributed by atoms with van der Waals surface area (Å²) >= 11 is 1.38. The molecular formula is C41H38N4O4S. The van der Waals surface area contributed by atoms with E-state index in [-0.39, 0.29) is 17.5 Å². The minimum atomic E-state index is -0.573. The fourth-order valence-corrected chi connectivity index (χ4v) is 6.01. The van der Waals surface area contributed by atoms with Gasteiger partial charge in [0, 0.05) is 34.4 Å². The van der Waals surface area contributed by atoms with Crippen molar-refractivity contribution in [2.24, 2.45) is 0 Å². The van der Waals surface area contributed by atoms with E-state index in [9.17, 15) is 19.2 Å². The summed E-state index contributed by atoms with van der Waals surface area (Å²) in [4.78, 5) is 52.4. The van der Waals surface area contributed by atoms with Gasteiger partial charge in [0.15, 0.2) is 0 Å². The second-order valence-electron chi connectivity index (χ2n) is 11.8. The van der Waals surface area contributed by atoms with Crippen LogP contribution in [-0.4, -0.2) is 23.6 Å². The summed E-state index contributed by atoms with van der Waals surface area (Å²) < 4.78 is 0. The molecule has 0 aliphatic rings. The molecule has 5 aromatic carbocycles. The van der Waals surface area contributed by atoms with Crippen molar-refractivity contribution in [1.29, 1.82) is 0 Å². The number of amides is 4. The normalized spacial score (nSPS) is 11.7. The average Bonchev–Trinajstić information content (AvgIpc) is 3.12. The molecule has 0 heterocycles. The second-order valence-corrected chi connectivity index (χ2v) is 13.0. The Bertz CT molecular complexity index is 1960. The zero-order chi connectivity index (χ0) is 35.5. The second kappa shape index (κ2) is 16.9. The Morgan fingerprint density at radius 2 is 1.14 bits per heavy atom. The number of nitrogens with one attached hydrogen (secondary N) is 4. The number of anilines is 3. The molecule has 0 aromatic heterocycles. The maximum absolute atomic E-state index is 13.6. The number of hydrogen-bond acceptors (Lipinski definition) is 5. The average molecular weight is 683 g/mol. The number of carbonyl (C=O) groups excluding carboxylic acids is 4. The van der Waals surface area contributed by atoms with Gasteiger partial charge in [0.1, 0.15) is 10.9 Å². The standard InChI is InChI=1S/C41H38N4O4S/c1-27(2)30-16-14-29(15-17-30)26-37(45-39(47)32-12-8-5-9-13-32)40(48)43-35-22-24-36(25-23-35)50-38(31-10-6-4-7-11-31)41(49)44-34-20-18-33(19-21-34)42-28(3)46/h4-27,38H,1-3H3,(H,42,46)(H,43,48)(H,44,49)(H,45,47)/b37-26-. The molecule has 0 bridgehead atoms. The van der Waals surface area contributed by atoms with Gasteiger partial charge in [-0.15, -0.1) is 11.8 Å². The van der Waals surface area contributed by atoms with Crippen molar-refractivity contribution in [3.05, 3.63) is 161 Å². The largest absolute Gasteiger partial charge is 0.326 e. The van der Waals surface area contributed by atoms with E-state index >= 15 is 0 Å². The first-order valence-corrected chi connectivity index (χ1v) is 17.0. The van der Waals surface area contributed by atoms with E-state index in [1.165, 1.54) is 24.2 Å². The van der Waals surface area contributed by atoms with Gasteiger partial charge < -0.3 is 21.3 Å². The molecule has 0 aliphatic carbocycles. The monoisotopic (exact) mass is 682 g/mol. The summed E-state index contributed by atoms with van der Waals surface area (Å²) in [5, 5.41) is 10.8. The van der Waals surface area contributed by atoms with Crippen LogP contribution in [-0.2, 0) is 14.4 Å². The predicted molar refractivity (Wildman–Crippen MR) is 202 cm³/mol. The molecule has 0 fully saturated rings. The molecule has 1 atom stereocenters. The first-order chi connectivity index (χ1) is 24.1. The maximum atomic E-state index is 13.6. The van der Waals surface area contributed by atoms with Crippen LogP contribution in [0.4, 0.5) is 17.1 Å². The Hall–Kier alpha value is -5.93. The minimum absolute atomic E-state index is 0.0977. The van der Waals surface area contributed by atoms with Crippen LogP contribution in [0.25, 0.3) is 6.08 Å². The molecule has 4 N–H and O–H groups in total. The lowest BCUT2D eigenvalue weighted by molar-refractivity contribution is -0.116. The molecule has 8 nitrogen and oxygen atoms in total. The highest BCUT2D eigenvalue weighted by Crippen LogP contribution is 2.37. The van der Waals surface area contributed by atoms with Crippen molar-refractivity contribution in [3.63, 3.8) is 0 Å². The summed E-state index contributed by atoms with van der Waals surface area (Å²) in [5.74, 6) is -0.898. The SMILES string of the molecule is CC(=O)Nc1ccc(NC(=O)C(Sc2ccc(NC(=O)/C(=C/c3ccc(C(C)C)cc3)NC(=O)c3ccccc3)cc2)c2ccccc2)cc1. The van der Waals surface area contributed by atoms with Crippen LogP contribution in [0.2, 0.25) is 0 Å². The van der Waals surface area contributed by atoms with Gasteiger partial charge in [-0.1, -0.05) is 86.6 Å². The summed E-state index contributed by atoms with van der Waals surface area (Å²) in [6.07, 6.45) is 1.65. The molecule has 1 unspecified atom stereocenters. The number of carbonyl (C=O) groups is 4. The lowest BCUT2D eigenvalue weighted by Gasteiger charge is -2.18. The van der Waals surface area contributed by atoms with E-state index in [0.29, 0.717) is 28.5 Å². The van der Waals surface area contributed by atoms with E-state index in [1.54, 1.807) is 66.7 Å². The third-order valence-corrected chi connectivity index (χ3v) is 8.89. The molecule has 0 aliphatic heterocycles. The van der Waals surface area contributed by atoms with Crippen LogP contribution < -0.4 is 21.3 Å². The smallest absolute Gasteiger partial charge is 0.272 e. The van der Waals surface area contributed by atoms with E-state index in [2.05, 4.69) is 35.1 Å². The van der Waals surface area contributed by atoms with Crippen molar-refractivity contribution in [2.75, 3.05) is 16.0 Å². The Morgan fingerprint density at radius 3 is 1.72 bits per heavy atom. The maximum Gasteiger partial charge on any atom is 0.272 e. The number of rotatable bonds is 12. The number of thioether (sulfide) groups is 1. The molecule has 0 spiro atoms. The molecule has 0 radical (unpaired) electrons. The van der Waals surface area contributed by atoms with Crippen LogP contribution >= 0.6 is 11.8 Å². The Kier molecular flexibility index (Phi) is 12.0. The van der Waals surface area contributed by atoms with Crippen LogP contribution in [0.5, 0.6) is 0 Å². The van der Waals surface area contributed by atoms with Gasteiger partial charge in [-0.25, -0.2) is 0 Å². The summed E-state index contributed by atoms with van der Waals surface area (Å²) in [5.41, 5.74) is 5.06. The van der Waals surface area contributed by atoms with Crippen molar-refractivity contribution in [3.8, 4) is 0 Å². The Labute approximate surface area is 296 Å². The van der Waals surface area contributed by atoms with Crippen LogP contribution in [0.1, 0.15) is 59.0 Å². The fourth-order valence-electron chi connectivity index (χ4n) is 4.99. The van der Waals surface area contributed by atoms with E-state index in [0.717, 1.165) is 16.0 Å². The van der Waals surface area contributed by atoms with Crippen LogP contribution in [0, 0.1) is 0 Å². The lowest BCUT2D eigenvalue weighted by Crippen LogP contribution is -2.30. The molecule has 50 heavy (non-hydrogen) atoms. The fraction of sp³-hybridized carbons (Fsp3) is 0.122. The van der Waals surface area contributed by atoms with E-state index in [1.807, 2.05) is 72.8 Å². The van der Waals surface area contributed by atoms with Gasteiger partial charge in [-0.05, 0) is 89.3 Å². The summed E-state index contributed by atoms with van der Waals surface area (Å²) in [7, 11) is 0. The van der Waals surface area contributed by atoms with E-state index in [4.69, 9.17) is 0 Å². The summed E-state index contributed by atoms with van der Waals surface area (Å²) in [6, 6.07) is 40.2. The first kappa shape index (κ1) is 35.4.